The number of rotatable bonds is 6. The molecule has 0 heterocycles. The molecule has 1 saturated carbocycles. The summed E-state index contributed by atoms with van der Waals surface area (Å²) < 4.78 is 0. The Labute approximate surface area is 85.9 Å². The van der Waals surface area contributed by atoms with Gasteiger partial charge >= 0.3 is 0 Å². The van der Waals surface area contributed by atoms with Gasteiger partial charge in [-0.1, -0.05) is 13.3 Å². The highest BCUT2D eigenvalue weighted by Gasteiger charge is 2.20. The lowest BCUT2D eigenvalue weighted by molar-refractivity contribution is -0.122. The molecule has 0 aromatic carbocycles. The lowest BCUT2D eigenvalue weighted by atomic mass is 9.83. The first kappa shape index (κ1) is 11.5. The van der Waals surface area contributed by atoms with Crippen LogP contribution in [0, 0.1) is 5.92 Å². The van der Waals surface area contributed by atoms with Crippen LogP contribution in [-0.2, 0) is 4.79 Å². The van der Waals surface area contributed by atoms with Crippen LogP contribution in [-0.4, -0.2) is 23.7 Å². The molecule has 0 spiro atoms. The summed E-state index contributed by atoms with van der Waals surface area (Å²) in [4.78, 5) is 11.3. The van der Waals surface area contributed by atoms with E-state index < -0.39 is 0 Å². The number of hydrogen-bond acceptors (Lipinski definition) is 2. The summed E-state index contributed by atoms with van der Waals surface area (Å²) in [6, 6.07) is 0. The van der Waals surface area contributed by atoms with Crippen molar-refractivity contribution >= 4 is 5.91 Å². The van der Waals surface area contributed by atoms with Crippen LogP contribution >= 0.6 is 0 Å². The van der Waals surface area contributed by atoms with E-state index in [1.165, 1.54) is 19.3 Å². The van der Waals surface area contributed by atoms with Crippen molar-refractivity contribution < 1.29 is 9.90 Å². The first-order valence-electron chi connectivity index (χ1n) is 5.67. The van der Waals surface area contributed by atoms with E-state index in [2.05, 4.69) is 5.32 Å². The minimum atomic E-state index is -0.265. The summed E-state index contributed by atoms with van der Waals surface area (Å²) in [5, 5.41) is 12.1. The third-order valence-electron chi connectivity index (χ3n) is 2.97. The van der Waals surface area contributed by atoms with Gasteiger partial charge in [0.25, 0.3) is 0 Å². The SMILES string of the molecule is CCC(O)CCNC(=O)CC1CCC1. The van der Waals surface area contributed by atoms with Crippen LogP contribution in [0.5, 0.6) is 0 Å². The van der Waals surface area contributed by atoms with Crippen molar-refractivity contribution in [2.24, 2.45) is 5.92 Å². The smallest absolute Gasteiger partial charge is 0.220 e. The lowest BCUT2D eigenvalue weighted by Crippen LogP contribution is -2.30. The van der Waals surface area contributed by atoms with Crippen molar-refractivity contribution in [1.29, 1.82) is 0 Å². The van der Waals surface area contributed by atoms with Gasteiger partial charge in [0.05, 0.1) is 6.10 Å². The fraction of sp³-hybridized carbons (Fsp3) is 0.909. The number of amides is 1. The van der Waals surface area contributed by atoms with Crippen LogP contribution in [0.4, 0.5) is 0 Å². The second kappa shape index (κ2) is 6.02. The fourth-order valence-corrected chi connectivity index (χ4v) is 1.61. The van der Waals surface area contributed by atoms with Crippen molar-refractivity contribution in [3.05, 3.63) is 0 Å². The van der Waals surface area contributed by atoms with E-state index in [-0.39, 0.29) is 12.0 Å². The molecule has 3 nitrogen and oxygen atoms in total. The second-order valence-corrected chi connectivity index (χ2v) is 4.20. The van der Waals surface area contributed by atoms with Gasteiger partial charge in [0, 0.05) is 13.0 Å². The third-order valence-corrected chi connectivity index (χ3v) is 2.97. The van der Waals surface area contributed by atoms with E-state index in [9.17, 15) is 9.90 Å². The highest BCUT2D eigenvalue weighted by molar-refractivity contribution is 5.76. The Kier molecular flexibility index (Phi) is 4.94. The van der Waals surface area contributed by atoms with E-state index >= 15 is 0 Å². The van der Waals surface area contributed by atoms with Crippen molar-refractivity contribution in [3.8, 4) is 0 Å². The summed E-state index contributed by atoms with van der Waals surface area (Å²) in [6.07, 6.45) is 5.56. The average molecular weight is 199 g/mol. The Morgan fingerprint density at radius 1 is 1.57 bits per heavy atom. The van der Waals surface area contributed by atoms with Crippen molar-refractivity contribution in [2.75, 3.05) is 6.54 Å². The number of nitrogens with one attached hydrogen (secondary N) is 1. The summed E-state index contributed by atoms with van der Waals surface area (Å²) in [5.74, 6) is 0.782. The molecule has 1 rings (SSSR count). The minimum absolute atomic E-state index is 0.151. The molecule has 1 unspecified atom stereocenters. The molecule has 0 aliphatic heterocycles. The summed E-state index contributed by atoms with van der Waals surface area (Å²) in [6.45, 7) is 2.56. The zero-order valence-corrected chi connectivity index (χ0v) is 8.96. The van der Waals surface area contributed by atoms with Gasteiger partial charge in [0.2, 0.25) is 5.91 Å². The Morgan fingerprint density at radius 2 is 2.29 bits per heavy atom. The Bertz CT molecular complexity index is 178. The van der Waals surface area contributed by atoms with E-state index in [1.807, 2.05) is 6.92 Å². The van der Waals surface area contributed by atoms with E-state index in [4.69, 9.17) is 0 Å². The molecule has 2 N–H and O–H groups in total. The highest BCUT2D eigenvalue weighted by Crippen LogP contribution is 2.28. The standard InChI is InChI=1S/C11H21NO2/c1-2-10(13)6-7-12-11(14)8-9-4-3-5-9/h9-10,13H,2-8H2,1H3,(H,12,14). The average Bonchev–Trinajstić information content (AvgIpc) is 2.11. The van der Waals surface area contributed by atoms with Crippen molar-refractivity contribution in [1.82, 2.24) is 5.32 Å². The Morgan fingerprint density at radius 3 is 2.79 bits per heavy atom. The second-order valence-electron chi connectivity index (χ2n) is 4.20. The number of carbonyl (C=O) groups is 1. The van der Waals surface area contributed by atoms with Gasteiger partial charge in [0.15, 0.2) is 0 Å². The molecule has 82 valence electrons. The van der Waals surface area contributed by atoms with Crippen LogP contribution in [0.25, 0.3) is 0 Å². The minimum Gasteiger partial charge on any atom is -0.393 e. The predicted octanol–water partition coefficient (Wildman–Crippen LogP) is 1.45. The molecule has 0 radical (unpaired) electrons. The van der Waals surface area contributed by atoms with Gasteiger partial charge in [-0.2, -0.15) is 0 Å². The molecule has 1 amide bonds. The summed E-state index contributed by atoms with van der Waals surface area (Å²) >= 11 is 0. The van der Waals surface area contributed by atoms with Crippen LogP contribution < -0.4 is 5.32 Å². The topological polar surface area (TPSA) is 49.3 Å². The number of aliphatic hydroxyl groups is 1. The maximum Gasteiger partial charge on any atom is 0.220 e. The quantitative estimate of drug-likeness (QED) is 0.680. The predicted molar refractivity (Wildman–Crippen MR) is 55.9 cm³/mol. The molecule has 0 aromatic rings. The zero-order valence-electron chi connectivity index (χ0n) is 8.96. The van der Waals surface area contributed by atoms with Crippen molar-refractivity contribution in [2.45, 2.75) is 51.6 Å². The molecular formula is C11H21NO2. The van der Waals surface area contributed by atoms with Crippen LogP contribution in [0.2, 0.25) is 0 Å². The van der Waals surface area contributed by atoms with Gasteiger partial charge in [0.1, 0.15) is 0 Å². The molecule has 1 aliphatic rings. The van der Waals surface area contributed by atoms with E-state index in [0.29, 0.717) is 25.3 Å². The molecule has 1 fully saturated rings. The number of aliphatic hydroxyl groups excluding tert-OH is 1. The molecule has 0 aromatic heterocycles. The molecule has 0 saturated heterocycles. The van der Waals surface area contributed by atoms with Gasteiger partial charge in [-0.25, -0.2) is 0 Å². The maximum absolute atomic E-state index is 11.3. The lowest BCUT2D eigenvalue weighted by Gasteiger charge is -2.24. The van der Waals surface area contributed by atoms with Gasteiger partial charge in [-0.05, 0) is 31.6 Å². The Hall–Kier alpha value is -0.570. The van der Waals surface area contributed by atoms with Gasteiger partial charge in [-0.3, -0.25) is 4.79 Å². The molecular weight excluding hydrogens is 178 g/mol. The molecule has 1 atom stereocenters. The first-order chi connectivity index (χ1) is 6.72. The number of carbonyl (C=O) groups excluding carboxylic acids is 1. The van der Waals surface area contributed by atoms with E-state index in [1.54, 1.807) is 0 Å². The first-order valence-corrected chi connectivity index (χ1v) is 5.67. The van der Waals surface area contributed by atoms with Crippen molar-refractivity contribution in [3.63, 3.8) is 0 Å². The third kappa shape index (κ3) is 4.09. The molecule has 0 bridgehead atoms. The van der Waals surface area contributed by atoms with Gasteiger partial charge < -0.3 is 10.4 Å². The maximum atomic E-state index is 11.3. The Balaban J connectivity index is 1.97. The molecule has 3 heteroatoms. The summed E-state index contributed by atoms with van der Waals surface area (Å²) in [7, 11) is 0. The fourth-order valence-electron chi connectivity index (χ4n) is 1.61. The zero-order chi connectivity index (χ0) is 10.4. The normalized spacial score (nSPS) is 18.7. The van der Waals surface area contributed by atoms with Crippen LogP contribution in [0.15, 0.2) is 0 Å². The van der Waals surface area contributed by atoms with E-state index in [0.717, 1.165) is 6.42 Å². The van der Waals surface area contributed by atoms with Crippen LogP contribution in [0.3, 0.4) is 0 Å². The van der Waals surface area contributed by atoms with Gasteiger partial charge in [-0.15, -0.1) is 0 Å². The molecule has 1 aliphatic carbocycles. The number of hydrogen-bond donors (Lipinski definition) is 2. The highest BCUT2D eigenvalue weighted by atomic mass is 16.3. The molecule has 14 heavy (non-hydrogen) atoms. The largest absolute Gasteiger partial charge is 0.393 e. The summed E-state index contributed by atoms with van der Waals surface area (Å²) in [5.41, 5.74) is 0. The van der Waals surface area contributed by atoms with Crippen LogP contribution in [0.1, 0.15) is 45.4 Å². The monoisotopic (exact) mass is 199 g/mol.